The van der Waals surface area contributed by atoms with Crippen molar-refractivity contribution in [1.82, 2.24) is 5.43 Å². The molecule has 0 atom stereocenters. The quantitative estimate of drug-likeness (QED) is 0.300. The zero-order chi connectivity index (χ0) is 21.5. The second-order valence-corrected chi connectivity index (χ2v) is 7.33. The highest BCUT2D eigenvalue weighted by atomic mass is 79.9. The van der Waals surface area contributed by atoms with E-state index in [9.17, 15) is 14.9 Å². The summed E-state index contributed by atoms with van der Waals surface area (Å²) in [4.78, 5) is 22.7. The van der Waals surface area contributed by atoms with Gasteiger partial charge in [0.05, 0.1) is 11.1 Å². The first kappa shape index (κ1) is 21.2. The van der Waals surface area contributed by atoms with Crippen LogP contribution in [-0.4, -0.2) is 17.0 Å². The fraction of sp³-hybridized carbons (Fsp3) is 0.0909. The lowest BCUT2D eigenvalue weighted by molar-refractivity contribution is -0.385. The Morgan fingerprint density at radius 3 is 2.60 bits per heavy atom. The molecule has 0 aromatic heterocycles. The lowest BCUT2D eigenvalue weighted by Gasteiger charge is -2.09. The Morgan fingerprint density at radius 1 is 1.17 bits per heavy atom. The number of carbonyl (C=O) groups is 1. The summed E-state index contributed by atoms with van der Waals surface area (Å²) in [6.45, 7) is 1.98. The number of benzene rings is 3. The van der Waals surface area contributed by atoms with E-state index >= 15 is 0 Å². The SMILES string of the molecule is Cc1cc(C(=O)N/N=C/c2ccccc2OCc2ccc(Br)cc2)ccc1[N+](=O)[O-]. The van der Waals surface area contributed by atoms with Crippen LogP contribution in [0, 0.1) is 17.0 Å². The average molecular weight is 468 g/mol. The number of para-hydroxylation sites is 1. The van der Waals surface area contributed by atoms with Crippen molar-refractivity contribution >= 4 is 33.7 Å². The Bertz CT molecular complexity index is 1100. The van der Waals surface area contributed by atoms with E-state index in [1.54, 1.807) is 6.92 Å². The van der Waals surface area contributed by atoms with Gasteiger partial charge in [-0.2, -0.15) is 5.10 Å². The van der Waals surface area contributed by atoms with Crippen molar-refractivity contribution < 1.29 is 14.5 Å². The summed E-state index contributed by atoms with van der Waals surface area (Å²) in [5.74, 6) is 0.169. The first-order valence-electron chi connectivity index (χ1n) is 8.99. The Labute approximate surface area is 181 Å². The van der Waals surface area contributed by atoms with Crippen molar-refractivity contribution in [2.24, 2.45) is 5.10 Å². The molecular formula is C22H18BrN3O4. The van der Waals surface area contributed by atoms with Crippen LogP contribution >= 0.6 is 15.9 Å². The largest absolute Gasteiger partial charge is 0.488 e. The maximum absolute atomic E-state index is 12.3. The molecule has 0 unspecified atom stereocenters. The molecule has 30 heavy (non-hydrogen) atoms. The summed E-state index contributed by atoms with van der Waals surface area (Å²) >= 11 is 3.40. The molecule has 1 amide bonds. The molecule has 0 fully saturated rings. The van der Waals surface area contributed by atoms with Gasteiger partial charge in [0, 0.05) is 27.2 Å². The van der Waals surface area contributed by atoms with Crippen molar-refractivity contribution in [1.29, 1.82) is 0 Å². The average Bonchev–Trinajstić information content (AvgIpc) is 2.73. The van der Waals surface area contributed by atoms with Crippen molar-refractivity contribution in [3.8, 4) is 5.75 Å². The second-order valence-electron chi connectivity index (χ2n) is 6.41. The van der Waals surface area contributed by atoms with E-state index in [0.29, 0.717) is 23.5 Å². The number of rotatable bonds is 7. The molecule has 0 aliphatic heterocycles. The van der Waals surface area contributed by atoms with Gasteiger partial charge in [-0.15, -0.1) is 0 Å². The number of hydrogen-bond donors (Lipinski definition) is 1. The normalized spacial score (nSPS) is 10.7. The van der Waals surface area contributed by atoms with Crippen molar-refractivity contribution in [3.63, 3.8) is 0 Å². The first-order chi connectivity index (χ1) is 14.4. The van der Waals surface area contributed by atoms with Gasteiger partial charge in [0.15, 0.2) is 0 Å². The van der Waals surface area contributed by atoms with E-state index in [-0.39, 0.29) is 11.3 Å². The van der Waals surface area contributed by atoms with Gasteiger partial charge < -0.3 is 4.74 Å². The van der Waals surface area contributed by atoms with Crippen molar-refractivity contribution in [3.05, 3.63) is 104 Å². The van der Waals surface area contributed by atoms with Crippen LogP contribution in [0.2, 0.25) is 0 Å². The number of nitro groups is 1. The van der Waals surface area contributed by atoms with E-state index < -0.39 is 10.8 Å². The molecule has 0 aliphatic rings. The number of nitro benzene ring substituents is 1. The van der Waals surface area contributed by atoms with Crippen LogP contribution in [0.3, 0.4) is 0 Å². The first-order valence-corrected chi connectivity index (χ1v) is 9.78. The third-order valence-corrected chi connectivity index (χ3v) is 4.78. The summed E-state index contributed by atoms with van der Waals surface area (Å²) in [6.07, 6.45) is 1.49. The standard InChI is InChI=1S/C22H18BrN3O4/c1-15-12-17(8-11-20(15)26(28)29)22(27)25-24-13-18-4-2-3-5-21(18)30-14-16-6-9-19(23)10-7-16/h2-13H,14H2,1H3,(H,25,27)/b24-13+. The number of amides is 1. The van der Waals surface area contributed by atoms with E-state index in [0.717, 1.165) is 10.0 Å². The maximum Gasteiger partial charge on any atom is 0.272 e. The van der Waals surface area contributed by atoms with Gasteiger partial charge in [-0.05, 0) is 48.9 Å². The summed E-state index contributed by atoms with van der Waals surface area (Å²) in [6, 6.07) is 19.3. The maximum atomic E-state index is 12.3. The lowest BCUT2D eigenvalue weighted by atomic mass is 10.1. The van der Waals surface area contributed by atoms with Gasteiger partial charge in [-0.25, -0.2) is 5.43 Å². The number of hydrogen-bond acceptors (Lipinski definition) is 5. The van der Waals surface area contributed by atoms with Crippen molar-refractivity contribution in [2.45, 2.75) is 13.5 Å². The molecule has 0 heterocycles. The third kappa shape index (κ3) is 5.51. The monoisotopic (exact) mass is 467 g/mol. The molecular weight excluding hydrogens is 450 g/mol. The molecule has 3 aromatic rings. The van der Waals surface area contributed by atoms with Crippen LogP contribution in [0.15, 0.2) is 76.3 Å². The van der Waals surface area contributed by atoms with E-state index in [1.165, 1.54) is 24.4 Å². The smallest absolute Gasteiger partial charge is 0.272 e. The van der Waals surface area contributed by atoms with Crippen LogP contribution in [0.25, 0.3) is 0 Å². The predicted octanol–water partition coefficient (Wildman–Crippen LogP) is 5.01. The summed E-state index contributed by atoms with van der Waals surface area (Å²) < 4.78 is 6.87. The molecule has 3 rings (SSSR count). The molecule has 0 radical (unpaired) electrons. The van der Waals surface area contributed by atoms with Gasteiger partial charge in [0.25, 0.3) is 11.6 Å². The molecule has 0 aliphatic carbocycles. The fourth-order valence-corrected chi connectivity index (χ4v) is 2.95. The highest BCUT2D eigenvalue weighted by Crippen LogP contribution is 2.20. The number of nitrogens with one attached hydrogen (secondary N) is 1. The molecule has 3 aromatic carbocycles. The number of carbonyl (C=O) groups excluding carboxylic acids is 1. The molecule has 1 N–H and O–H groups in total. The Hall–Kier alpha value is -3.52. The summed E-state index contributed by atoms with van der Waals surface area (Å²) in [5.41, 5.74) is 4.81. The van der Waals surface area contributed by atoms with Crippen LogP contribution in [0.5, 0.6) is 5.75 Å². The number of nitrogens with zero attached hydrogens (tertiary/aromatic N) is 2. The topological polar surface area (TPSA) is 93.8 Å². The van der Waals surface area contributed by atoms with Gasteiger partial charge in [0.1, 0.15) is 12.4 Å². The zero-order valence-corrected chi connectivity index (χ0v) is 17.6. The van der Waals surface area contributed by atoms with Gasteiger partial charge in [0.2, 0.25) is 0 Å². The molecule has 7 nitrogen and oxygen atoms in total. The number of hydrazone groups is 1. The molecule has 8 heteroatoms. The van der Waals surface area contributed by atoms with E-state index in [4.69, 9.17) is 4.74 Å². The molecule has 0 saturated heterocycles. The van der Waals surface area contributed by atoms with Crippen LogP contribution in [0.4, 0.5) is 5.69 Å². The minimum Gasteiger partial charge on any atom is -0.488 e. The second kappa shape index (κ2) is 9.80. The minimum absolute atomic E-state index is 0.0353. The van der Waals surface area contributed by atoms with Gasteiger partial charge in [-0.3, -0.25) is 14.9 Å². The van der Waals surface area contributed by atoms with Crippen LogP contribution in [0.1, 0.15) is 27.0 Å². The zero-order valence-electron chi connectivity index (χ0n) is 16.0. The van der Waals surface area contributed by atoms with E-state index in [2.05, 4.69) is 26.5 Å². The van der Waals surface area contributed by atoms with E-state index in [1.807, 2.05) is 48.5 Å². The van der Waals surface area contributed by atoms with Crippen molar-refractivity contribution in [2.75, 3.05) is 0 Å². The highest BCUT2D eigenvalue weighted by molar-refractivity contribution is 9.10. The van der Waals surface area contributed by atoms with Crippen LogP contribution < -0.4 is 10.2 Å². The van der Waals surface area contributed by atoms with Gasteiger partial charge in [-0.1, -0.05) is 40.2 Å². The Kier molecular flexibility index (Phi) is 6.92. The summed E-state index contributed by atoms with van der Waals surface area (Å²) in [7, 11) is 0. The number of halogens is 1. The lowest BCUT2D eigenvalue weighted by Crippen LogP contribution is -2.17. The van der Waals surface area contributed by atoms with Gasteiger partial charge >= 0.3 is 0 Å². The molecule has 0 saturated carbocycles. The Balaban J connectivity index is 1.65. The summed E-state index contributed by atoms with van der Waals surface area (Å²) in [5, 5.41) is 14.9. The number of aryl methyl sites for hydroxylation is 1. The van der Waals surface area contributed by atoms with Crippen LogP contribution in [-0.2, 0) is 6.61 Å². The molecule has 0 bridgehead atoms. The third-order valence-electron chi connectivity index (χ3n) is 4.25. The number of ether oxygens (including phenoxy) is 1. The fourth-order valence-electron chi connectivity index (χ4n) is 2.69. The predicted molar refractivity (Wildman–Crippen MR) is 118 cm³/mol. The minimum atomic E-state index is -0.486. The highest BCUT2D eigenvalue weighted by Gasteiger charge is 2.13. The molecule has 0 spiro atoms. The Morgan fingerprint density at radius 2 is 1.90 bits per heavy atom. The molecule has 152 valence electrons.